The predicted octanol–water partition coefficient (Wildman–Crippen LogP) is 2.35. The van der Waals surface area contributed by atoms with Crippen LogP contribution in [0.15, 0.2) is 29.2 Å². The molecule has 0 spiro atoms. The van der Waals surface area contributed by atoms with Crippen LogP contribution in [-0.2, 0) is 11.2 Å². The Morgan fingerprint density at radius 1 is 1.58 bits per heavy atom. The van der Waals surface area contributed by atoms with Crippen molar-refractivity contribution in [1.29, 1.82) is 0 Å². The molecule has 1 saturated heterocycles. The maximum atomic E-state index is 5.18. The second kappa shape index (κ2) is 3.50. The zero-order valence-corrected chi connectivity index (χ0v) is 7.93. The van der Waals surface area contributed by atoms with Gasteiger partial charge in [-0.1, -0.05) is 12.1 Å². The summed E-state index contributed by atoms with van der Waals surface area (Å²) in [6.45, 7) is 0.948. The molecule has 1 aliphatic rings. The van der Waals surface area contributed by atoms with Gasteiger partial charge in [-0.15, -0.1) is 11.8 Å². The summed E-state index contributed by atoms with van der Waals surface area (Å²) in [6.07, 6.45) is 3.68. The summed E-state index contributed by atoms with van der Waals surface area (Å²) in [5.41, 5.74) is 1.39. The molecule has 0 aliphatic carbocycles. The highest BCUT2D eigenvalue weighted by molar-refractivity contribution is 7.98. The lowest BCUT2D eigenvalue weighted by atomic mass is 10.1. The van der Waals surface area contributed by atoms with E-state index in [4.69, 9.17) is 4.74 Å². The van der Waals surface area contributed by atoms with Gasteiger partial charge in [0, 0.05) is 11.3 Å². The molecule has 1 aromatic rings. The molecule has 1 unspecified atom stereocenters. The molecule has 64 valence electrons. The molecule has 1 aliphatic heterocycles. The van der Waals surface area contributed by atoms with Crippen molar-refractivity contribution in [1.82, 2.24) is 0 Å². The zero-order chi connectivity index (χ0) is 8.39. The van der Waals surface area contributed by atoms with Crippen molar-refractivity contribution in [2.75, 3.05) is 12.9 Å². The fourth-order valence-corrected chi connectivity index (χ4v) is 1.73. The number of benzene rings is 1. The van der Waals surface area contributed by atoms with Crippen LogP contribution in [0.2, 0.25) is 0 Å². The Morgan fingerprint density at radius 2 is 2.42 bits per heavy atom. The number of ether oxygens (including phenoxy) is 1. The molecular weight excluding hydrogens is 168 g/mol. The molecular formula is C10H12OS. The van der Waals surface area contributed by atoms with E-state index in [1.807, 2.05) is 0 Å². The van der Waals surface area contributed by atoms with Gasteiger partial charge in [0.2, 0.25) is 0 Å². The highest BCUT2D eigenvalue weighted by Gasteiger charge is 2.22. The van der Waals surface area contributed by atoms with E-state index in [-0.39, 0.29) is 0 Å². The van der Waals surface area contributed by atoms with Gasteiger partial charge in [-0.25, -0.2) is 0 Å². The van der Waals surface area contributed by atoms with Gasteiger partial charge in [0.1, 0.15) is 0 Å². The summed E-state index contributed by atoms with van der Waals surface area (Å²) < 4.78 is 5.18. The Labute approximate surface area is 77.1 Å². The number of thioether (sulfide) groups is 1. The van der Waals surface area contributed by atoms with E-state index < -0.39 is 0 Å². The molecule has 0 N–H and O–H groups in total. The van der Waals surface area contributed by atoms with Crippen molar-refractivity contribution >= 4 is 11.8 Å². The third-order valence-corrected chi connectivity index (χ3v) is 2.73. The number of epoxide rings is 1. The first kappa shape index (κ1) is 8.14. The minimum Gasteiger partial charge on any atom is -0.373 e. The maximum Gasteiger partial charge on any atom is 0.0850 e. The lowest BCUT2D eigenvalue weighted by Crippen LogP contribution is -1.92. The second-order valence-electron chi connectivity index (χ2n) is 3.01. The highest BCUT2D eigenvalue weighted by Crippen LogP contribution is 2.20. The Bertz CT molecular complexity index is 268. The minimum atomic E-state index is 0.502. The van der Waals surface area contributed by atoms with Crippen molar-refractivity contribution in [3.05, 3.63) is 29.8 Å². The van der Waals surface area contributed by atoms with Crippen LogP contribution in [0.1, 0.15) is 5.56 Å². The third-order valence-electron chi connectivity index (χ3n) is 2.00. The molecule has 1 atom stereocenters. The van der Waals surface area contributed by atoms with Crippen LogP contribution >= 0.6 is 11.8 Å². The van der Waals surface area contributed by atoms with Gasteiger partial charge < -0.3 is 4.74 Å². The van der Waals surface area contributed by atoms with Crippen LogP contribution in [0.5, 0.6) is 0 Å². The Morgan fingerprint density at radius 3 is 3.08 bits per heavy atom. The molecule has 1 heterocycles. The van der Waals surface area contributed by atoms with Gasteiger partial charge in [-0.2, -0.15) is 0 Å². The maximum absolute atomic E-state index is 5.18. The molecule has 0 amide bonds. The third kappa shape index (κ3) is 2.02. The standard InChI is InChI=1S/C10H12OS/c1-12-10-4-2-3-8(6-10)5-9-7-11-9/h2-4,6,9H,5,7H2,1H3. The Hall–Kier alpha value is -0.470. The topological polar surface area (TPSA) is 12.5 Å². The van der Waals surface area contributed by atoms with E-state index in [0.29, 0.717) is 6.10 Å². The van der Waals surface area contributed by atoms with E-state index in [1.165, 1.54) is 10.5 Å². The zero-order valence-electron chi connectivity index (χ0n) is 7.12. The van der Waals surface area contributed by atoms with Crippen LogP contribution in [0.4, 0.5) is 0 Å². The summed E-state index contributed by atoms with van der Waals surface area (Å²) in [5.74, 6) is 0. The molecule has 0 radical (unpaired) electrons. The van der Waals surface area contributed by atoms with E-state index >= 15 is 0 Å². The molecule has 12 heavy (non-hydrogen) atoms. The van der Waals surface area contributed by atoms with Crippen molar-refractivity contribution in [3.63, 3.8) is 0 Å². The molecule has 1 fully saturated rings. The minimum absolute atomic E-state index is 0.502. The van der Waals surface area contributed by atoms with Crippen molar-refractivity contribution in [2.24, 2.45) is 0 Å². The lowest BCUT2D eigenvalue weighted by Gasteiger charge is -2.00. The van der Waals surface area contributed by atoms with Crippen LogP contribution in [0, 0.1) is 0 Å². The average Bonchev–Trinajstić information content (AvgIpc) is 2.89. The van der Waals surface area contributed by atoms with Gasteiger partial charge in [-0.05, 0) is 24.0 Å². The average molecular weight is 180 g/mol. The van der Waals surface area contributed by atoms with E-state index in [2.05, 4.69) is 30.5 Å². The number of hydrogen-bond acceptors (Lipinski definition) is 2. The van der Waals surface area contributed by atoms with Crippen LogP contribution < -0.4 is 0 Å². The molecule has 1 nitrogen and oxygen atoms in total. The fraction of sp³-hybridized carbons (Fsp3) is 0.400. The van der Waals surface area contributed by atoms with Gasteiger partial charge in [-0.3, -0.25) is 0 Å². The first-order valence-corrected chi connectivity index (χ1v) is 5.35. The van der Waals surface area contributed by atoms with E-state index in [9.17, 15) is 0 Å². The summed E-state index contributed by atoms with van der Waals surface area (Å²) in [5, 5.41) is 0. The first-order chi connectivity index (χ1) is 5.88. The highest BCUT2D eigenvalue weighted by atomic mass is 32.2. The van der Waals surface area contributed by atoms with Crippen molar-refractivity contribution in [2.45, 2.75) is 17.4 Å². The molecule has 2 rings (SSSR count). The number of hydrogen-bond donors (Lipinski definition) is 0. The fourth-order valence-electron chi connectivity index (χ4n) is 1.25. The smallest absolute Gasteiger partial charge is 0.0850 e. The van der Waals surface area contributed by atoms with Gasteiger partial charge in [0.25, 0.3) is 0 Å². The normalized spacial score (nSPS) is 20.9. The Balaban J connectivity index is 2.08. The van der Waals surface area contributed by atoms with Crippen LogP contribution in [0.3, 0.4) is 0 Å². The van der Waals surface area contributed by atoms with Gasteiger partial charge in [0.15, 0.2) is 0 Å². The number of rotatable bonds is 3. The molecule has 0 bridgehead atoms. The largest absolute Gasteiger partial charge is 0.373 e. The lowest BCUT2D eigenvalue weighted by molar-refractivity contribution is 0.407. The van der Waals surface area contributed by atoms with Gasteiger partial charge in [0.05, 0.1) is 12.7 Å². The summed E-state index contributed by atoms with van der Waals surface area (Å²) in [4.78, 5) is 1.34. The van der Waals surface area contributed by atoms with E-state index in [0.717, 1.165) is 13.0 Å². The summed E-state index contributed by atoms with van der Waals surface area (Å²) in [7, 11) is 0. The monoisotopic (exact) mass is 180 g/mol. The van der Waals surface area contributed by atoms with Gasteiger partial charge >= 0.3 is 0 Å². The molecule has 0 aromatic heterocycles. The van der Waals surface area contributed by atoms with Crippen LogP contribution in [0.25, 0.3) is 0 Å². The van der Waals surface area contributed by atoms with E-state index in [1.54, 1.807) is 11.8 Å². The second-order valence-corrected chi connectivity index (χ2v) is 3.89. The molecule has 0 saturated carbocycles. The SMILES string of the molecule is CSc1cccc(CC2CO2)c1. The van der Waals surface area contributed by atoms with Crippen molar-refractivity contribution < 1.29 is 4.74 Å². The quantitative estimate of drug-likeness (QED) is 0.523. The predicted molar refractivity (Wildman–Crippen MR) is 51.7 cm³/mol. The van der Waals surface area contributed by atoms with Crippen molar-refractivity contribution in [3.8, 4) is 0 Å². The molecule has 1 aromatic carbocycles. The first-order valence-electron chi connectivity index (χ1n) is 4.13. The summed E-state index contributed by atoms with van der Waals surface area (Å²) >= 11 is 1.79. The van der Waals surface area contributed by atoms with Crippen LogP contribution in [-0.4, -0.2) is 19.0 Å². The summed E-state index contributed by atoms with van der Waals surface area (Å²) in [6, 6.07) is 8.67. The Kier molecular flexibility index (Phi) is 2.38. The molecule has 2 heteroatoms.